The molecule has 0 unspecified atom stereocenters. The average Bonchev–Trinajstić information content (AvgIpc) is 2.61. The Morgan fingerprint density at radius 3 is 2.43 bits per heavy atom. The second kappa shape index (κ2) is 5.36. The zero-order chi connectivity index (χ0) is 15.8. The Balaban J connectivity index is 2.06. The Bertz CT molecular complexity index is 1010. The van der Waals surface area contributed by atoms with E-state index in [2.05, 4.69) is 48.3 Å². The van der Waals surface area contributed by atoms with Crippen molar-refractivity contribution in [3.63, 3.8) is 0 Å². The van der Waals surface area contributed by atoms with Gasteiger partial charge < -0.3 is 4.74 Å². The highest BCUT2D eigenvalue weighted by Crippen LogP contribution is 2.32. The summed E-state index contributed by atoms with van der Waals surface area (Å²) in [6, 6.07) is 18.6. The highest BCUT2D eigenvalue weighted by molar-refractivity contribution is 6.10. The lowest BCUT2D eigenvalue weighted by atomic mass is 10.00. The average molecular weight is 300 g/mol. The fourth-order valence-electron chi connectivity index (χ4n) is 2.93. The molecule has 0 aliphatic rings. The molecule has 2 aromatic heterocycles. The van der Waals surface area contributed by atoms with Crippen molar-refractivity contribution in [3.8, 4) is 17.1 Å². The molecule has 0 spiro atoms. The maximum Gasteiger partial charge on any atom is 0.212 e. The molecule has 3 heteroatoms. The number of methoxy groups -OCH3 is 1. The van der Waals surface area contributed by atoms with Crippen LogP contribution in [-0.4, -0.2) is 17.1 Å². The molecule has 4 aromatic rings. The molecular weight excluding hydrogens is 284 g/mol. The number of aromatic nitrogens is 2. The van der Waals surface area contributed by atoms with Crippen molar-refractivity contribution in [2.75, 3.05) is 7.11 Å². The van der Waals surface area contributed by atoms with E-state index in [1.807, 2.05) is 24.4 Å². The van der Waals surface area contributed by atoms with Gasteiger partial charge in [0.25, 0.3) is 0 Å². The number of fused-ring (bicyclic) bond motifs is 3. The Labute approximate surface area is 134 Å². The van der Waals surface area contributed by atoms with Gasteiger partial charge in [-0.3, -0.25) is 0 Å². The van der Waals surface area contributed by atoms with Crippen LogP contribution in [0.1, 0.15) is 5.56 Å². The van der Waals surface area contributed by atoms with Gasteiger partial charge in [0.1, 0.15) is 0 Å². The quantitative estimate of drug-likeness (QED) is 0.500. The smallest absolute Gasteiger partial charge is 0.212 e. The van der Waals surface area contributed by atoms with Crippen molar-refractivity contribution in [1.29, 1.82) is 0 Å². The number of ether oxygens (including phenoxy) is 1. The molecule has 0 saturated carbocycles. The standard InChI is InChI=1S/C20H16N2O/c1-13-7-9-18-17(11-13)15-5-3-4-6-16(15)20(22-18)14-8-10-19(23-2)21-12-14/h3-12H,1-2H3. The summed E-state index contributed by atoms with van der Waals surface area (Å²) in [6.45, 7) is 2.11. The van der Waals surface area contributed by atoms with E-state index in [0.717, 1.165) is 22.2 Å². The molecule has 0 saturated heterocycles. The first-order valence-electron chi connectivity index (χ1n) is 7.56. The molecule has 112 valence electrons. The lowest BCUT2D eigenvalue weighted by Gasteiger charge is -2.10. The Morgan fingerprint density at radius 2 is 1.70 bits per heavy atom. The third-order valence-electron chi connectivity index (χ3n) is 4.08. The molecule has 0 bridgehead atoms. The SMILES string of the molecule is COc1ccc(-c2nc3ccc(C)cc3c3ccccc23)cn1. The first-order valence-corrected chi connectivity index (χ1v) is 7.56. The number of rotatable bonds is 2. The first kappa shape index (κ1) is 13.7. The van der Waals surface area contributed by atoms with Crippen molar-refractivity contribution in [2.24, 2.45) is 0 Å². The van der Waals surface area contributed by atoms with Crippen LogP contribution < -0.4 is 4.74 Å². The zero-order valence-corrected chi connectivity index (χ0v) is 13.1. The summed E-state index contributed by atoms with van der Waals surface area (Å²) >= 11 is 0. The molecule has 0 atom stereocenters. The maximum absolute atomic E-state index is 5.14. The van der Waals surface area contributed by atoms with Crippen LogP contribution in [0, 0.1) is 6.92 Å². The molecule has 0 aliphatic heterocycles. The van der Waals surface area contributed by atoms with Crippen LogP contribution >= 0.6 is 0 Å². The number of hydrogen-bond acceptors (Lipinski definition) is 3. The number of pyridine rings is 2. The van der Waals surface area contributed by atoms with Gasteiger partial charge in [0.2, 0.25) is 5.88 Å². The predicted molar refractivity (Wildman–Crippen MR) is 93.8 cm³/mol. The number of aryl methyl sites for hydroxylation is 1. The van der Waals surface area contributed by atoms with Crippen LogP contribution in [0.25, 0.3) is 32.9 Å². The van der Waals surface area contributed by atoms with Gasteiger partial charge in [0, 0.05) is 28.6 Å². The molecule has 0 radical (unpaired) electrons. The lowest BCUT2D eigenvalue weighted by Crippen LogP contribution is -1.92. The van der Waals surface area contributed by atoms with Crippen molar-refractivity contribution >= 4 is 21.7 Å². The summed E-state index contributed by atoms with van der Waals surface area (Å²) < 4.78 is 5.14. The molecule has 4 rings (SSSR count). The second-order valence-corrected chi connectivity index (χ2v) is 5.62. The van der Waals surface area contributed by atoms with E-state index in [0.29, 0.717) is 5.88 Å². The van der Waals surface area contributed by atoms with Crippen molar-refractivity contribution < 1.29 is 4.74 Å². The molecular formula is C20H16N2O. The van der Waals surface area contributed by atoms with E-state index >= 15 is 0 Å². The van der Waals surface area contributed by atoms with E-state index in [-0.39, 0.29) is 0 Å². The van der Waals surface area contributed by atoms with Gasteiger partial charge in [-0.1, -0.05) is 35.9 Å². The van der Waals surface area contributed by atoms with Crippen LogP contribution in [0.4, 0.5) is 0 Å². The summed E-state index contributed by atoms with van der Waals surface area (Å²) in [5, 5.41) is 3.54. The van der Waals surface area contributed by atoms with Crippen LogP contribution in [0.3, 0.4) is 0 Å². The van der Waals surface area contributed by atoms with E-state index in [9.17, 15) is 0 Å². The molecule has 2 aromatic carbocycles. The summed E-state index contributed by atoms with van der Waals surface area (Å²) in [6.07, 6.45) is 1.81. The fraction of sp³-hybridized carbons (Fsp3) is 0.100. The summed E-state index contributed by atoms with van der Waals surface area (Å²) in [4.78, 5) is 9.20. The number of nitrogens with zero attached hydrogens (tertiary/aromatic N) is 2. The minimum atomic E-state index is 0.606. The summed E-state index contributed by atoms with van der Waals surface area (Å²) in [7, 11) is 1.62. The highest BCUT2D eigenvalue weighted by Gasteiger charge is 2.10. The van der Waals surface area contributed by atoms with Crippen molar-refractivity contribution in [3.05, 3.63) is 66.4 Å². The van der Waals surface area contributed by atoms with Gasteiger partial charge in [-0.2, -0.15) is 0 Å². The van der Waals surface area contributed by atoms with Crippen LogP contribution in [-0.2, 0) is 0 Å². The summed E-state index contributed by atoms with van der Waals surface area (Å²) in [5.41, 5.74) is 4.18. The third-order valence-corrected chi connectivity index (χ3v) is 4.08. The Hall–Kier alpha value is -2.94. The Kier molecular flexibility index (Phi) is 3.19. The minimum Gasteiger partial charge on any atom is -0.481 e. The van der Waals surface area contributed by atoms with Gasteiger partial charge in [-0.05, 0) is 30.5 Å². The van der Waals surface area contributed by atoms with Crippen LogP contribution in [0.15, 0.2) is 60.8 Å². The predicted octanol–water partition coefficient (Wildman–Crippen LogP) is 4.77. The monoisotopic (exact) mass is 300 g/mol. The van der Waals surface area contributed by atoms with Gasteiger partial charge in [0.05, 0.1) is 18.3 Å². The normalized spacial score (nSPS) is 11.0. The Morgan fingerprint density at radius 1 is 0.870 bits per heavy atom. The van der Waals surface area contributed by atoms with Crippen molar-refractivity contribution in [1.82, 2.24) is 9.97 Å². The number of hydrogen-bond donors (Lipinski definition) is 0. The van der Waals surface area contributed by atoms with E-state index < -0.39 is 0 Å². The maximum atomic E-state index is 5.14. The van der Waals surface area contributed by atoms with Gasteiger partial charge in [-0.25, -0.2) is 9.97 Å². The van der Waals surface area contributed by atoms with Gasteiger partial charge in [-0.15, -0.1) is 0 Å². The highest BCUT2D eigenvalue weighted by atomic mass is 16.5. The van der Waals surface area contributed by atoms with Crippen LogP contribution in [0.5, 0.6) is 5.88 Å². The second-order valence-electron chi connectivity index (χ2n) is 5.62. The molecule has 23 heavy (non-hydrogen) atoms. The molecule has 0 fully saturated rings. The topological polar surface area (TPSA) is 35.0 Å². The molecule has 0 N–H and O–H groups in total. The van der Waals surface area contributed by atoms with E-state index in [1.165, 1.54) is 16.3 Å². The van der Waals surface area contributed by atoms with E-state index in [1.54, 1.807) is 7.11 Å². The lowest BCUT2D eigenvalue weighted by molar-refractivity contribution is 0.398. The molecule has 0 amide bonds. The van der Waals surface area contributed by atoms with Gasteiger partial charge in [0.15, 0.2) is 0 Å². The minimum absolute atomic E-state index is 0.606. The molecule has 3 nitrogen and oxygen atoms in total. The molecule has 2 heterocycles. The van der Waals surface area contributed by atoms with Crippen molar-refractivity contribution in [2.45, 2.75) is 6.92 Å². The number of benzene rings is 2. The summed E-state index contributed by atoms with van der Waals surface area (Å²) in [5.74, 6) is 0.606. The van der Waals surface area contributed by atoms with Crippen LogP contribution in [0.2, 0.25) is 0 Å². The fourth-order valence-corrected chi connectivity index (χ4v) is 2.93. The van der Waals surface area contributed by atoms with Gasteiger partial charge >= 0.3 is 0 Å². The molecule has 0 aliphatic carbocycles. The third kappa shape index (κ3) is 2.30. The van der Waals surface area contributed by atoms with E-state index in [4.69, 9.17) is 9.72 Å². The largest absolute Gasteiger partial charge is 0.481 e. The zero-order valence-electron chi connectivity index (χ0n) is 13.1. The first-order chi connectivity index (χ1) is 11.3.